The quantitative estimate of drug-likeness (QED) is 0.486. The second-order valence-corrected chi connectivity index (χ2v) is 9.78. The molecule has 0 radical (unpaired) electrons. The maximum atomic E-state index is 13.0. The summed E-state index contributed by atoms with van der Waals surface area (Å²) in [6.45, 7) is 3.02. The Balaban J connectivity index is 1.55. The van der Waals surface area contributed by atoms with Crippen molar-refractivity contribution in [2.75, 3.05) is 18.4 Å². The number of hydrogen-bond acceptors (Lipinski definition) is 6. The summed E-state index contributed by atoms with van der Waals surface area (Å²) in [6.07, 6.45) is -0.577. The summed E-state index contributed by atoms with van der Waals surface area (Å²) in [5, 5.41) is 2.54. The van der Waals surface area contributed by atoms with Gasteiger partial charge >= 0.3 is 5.97 Å². The van der Waals surface area contributed by atoms with Crippen LogP contribution in [0.2, 0.25) is 0 Å². The maximum absolute atomic E-state index is 13.0. The summed E-state index contributed by atoms with van der Waals surface area (Å²) in [4.78, 5) is 36.3. The first-order chi connectivity index (χ1) is 15.6. The number of amides is 1. The average Bonchev–Trinajstić information content (AvgIpc) is 2.80. The van der Waals surface area contributed by atoms with Crippen molar-refractivity contribution in [2.45, 2.75) is 37.7 Å². The van der Waals surface area contributed by atoms with Gasteiger partial charge in [-0.2, -0.15) is 4.31 Å². The van der Waals surface area contributed by atoms with Crippen LogP contribution < -0.4 is 5.32 Å². The lowest BCUT2D eigenvalue weighted by Gasteiger charge is -2.30. The van der Waals surface area contributed by atoms with E-state index in [2.05, 4.69) is 5.32 Å². The first kappa shape index (κ1) is 24.5. The van der Waals surface area contributed by atoms with Crippen molar-refractivity contribution in [3.63, 3.8) is 0 Å². The Bertz CT molecular complexity index is 1140. The predicted octanol–water partition coefficient (Wildman–Crippen LogP) is 3.00. The van der Waals surface area contributed by atoms with Gasteiger partial charge in [0.2, 0.25) is 10.0 Å². The number of carbonyl (C=O) groups is 3. The number of sulfonamides is 1. The molecule has 1 N–H and O–H groups in total. The van der Waals surface area contributed by atoms with Crippen molar-refractivity contribution in [3.05, 3.63) is 59.9 Å². The van der Waals surface area contributed by atoms with Crippen molar-refractivity contribution >= 4 is 33.4 Å². The van der Waals surface area contributed by atoms with Gasteiger partial charge in [-0.25, -0.2) is 12.8 Å². The fourth-order valence-corrected chi connectivity index (χ4v) is 4.97. The molecule has 8 nitrogen and oxygen atoms in total. The molecule has 1 heterocycles. The third kappa shape index (κ3) is 6.02. The van der Waals surface area contributed by atoms with Crippen LogP contribution in [0, 0.1) is 11.7 Å². The lowest BCUT2D eigenvalue weighted by molar-refractivity contribution is -0.158. The Hall–Kier alpha value is -3.11. The minimum Gasteiger partial charge on any atom is -0.452 e. The highest BCUT2D eigenvalue weighted by molar-refractivity contribution is 7.89. The van der Waals surface area contributed by atoms with Gasteiger partial charge in [-0.15, -0.1) is 0 Å². The van der Waals surface area contributed by atoms with Crippen LogP contribution in [-0.4, -0.2) is 49.6 Å². The van der Waals surface area contributed by atoms with Crippen LogP contribution in [0.5, 0.6) is 0 Å². The van der Waals surface area contributed by atoms with Gasteiger partial charge < -0.3 is 10.1 Å². The zero-order chi connectivity index (χ0) is 24.2. The number of rotatable bonds is 7. The van der Waals surface area contributed by atoms with Crippen LogP contribution in [0.1, 0.15) is 37.0 Å². The summed E-state index contributed by atoms with van der Waals surface area (Å²) >= 11 is 0. The SMILES string of the molecule is CC(=O)c1cccc(S(=O)(=O)N2CCC(C(=O)O[C@H](C)C(=O)Nc3ccc(F)cc3)CC2)c1. The first-order valence-electron chi connectivity index (χ1n) is 10.5. The van der Waals surface area contributed by atoms with Gasteiger partial charge in [-0.05, 0) is 63.1 Å². The number of esters is 1. The molecule has 1 amide bonds. The Morgan fingerprint density at radius 3 is 2.33 bits per heavy atom. The van der Waals surface area contributed by atoms with Crippen molar-refractivity contribution in [1.82, 2.24) is 4.31 Å². The number of piperidine rings is 1. The van der Waals surface area contributed by atoms with Crippen molar-refractivity contribution < 1.29 is 31.9 Å². The van der Waals surface area contributed by atoms with Crippen molar-refractivity contribution in [1.29, 1.82) is 0 Å². The minimum atomic E-state index is -3.80. The molecule has 0 aromatic heterocycles. The molecule has 3 rings (SSSR count). The number of hydrogen-bond donors (Lipinski definition) is 1. The molecule has 2 aromatic rings. The van der Waals surface area contributed by atoms with Crippen LogP contribution in [0.3, 0.4) is 0 Å². The molecule has 0 bridgehead atoms. The molecule has 10 heteroatoms. The van der Waals surface area contributed by atoms with E-state index in [-0.39, 0.29) is 36.6 Å². The summed E-state index contributed by atoms with van der Waals surface area (Å²) in [5.41, 5.74) is 0.680. The maximum Gasteiger partial charge on any atom is 0.309 e. The van der Waals surface area contributed by atoms with Gasteiger partial charge in [0.1, 0.15) is 5.82 Å². The van der Waals surface area contributed by atoms with E-state index in [1.165, 1.54) is 60.6 Å². The topological polar surface area (TPSA) is 110 Å². The molecule has 33 heavy (non-hydrogen) atoms. The number of anilines is 1. The van der Waals surface area contributed by atoms with Crippen molar-refractivity contribution in [2.24, 2.45) is 5.92 Å². The first-order valence-corrected chi connectivity index (χ1v) is 11.9. The number of benzene rings is 2. The van der Waals surface area contributed by atoms with E-state index in [9.17, 15) is 27.2 Å². The Labute approximate surface area is 191 Å². The average molecular weight is 477 g/mol. The second kappa shape index (κ2) is 10.2. The number of nitrogens with zero attached hydrogens (tertiary/aromatic N) is 1. The molecule has 0 unspecified atom stereocenters. The van der Waals surface area contributed by atoms with Gasteiger partial charge in [-0.1, -0.05) is 12.1 Å². The zero-order valence-corrected chi connectivity index (χ0v) is 19.1. The number of ketones is 1. The fourth-order valence-electron chi connectivity index (χ4n) is 3.46. The Kier molecular flexibility index (Phi) is 7.60. The molecular formula is C23H25FN2O6S. The normalized spacial score (nSPS) is 16.1. The largest absolute Gasteiger partial charge is 0.452 e. The summed E-state index contributed by atoms with van der Waals surface area (Å²) < 4.78 is 45.4. The summed E-state index contributed by atoms with van der Waals surface area (Å²) in [5.74, 6) is -2.34. The smallest absolute Gasteiger partial charge is 0.309 e. The molecule has 2 aromatic carbocycles. The number of ether oxygens (including phenoxy) is 1. The number of halogens is 1. The van der Waals surface area contributed by atoms with E-state index in [0.717, 1.165) is 0 Å². The fraction of sp³-hybridized carbons (Fsp3) is 0.348. The van der Waals surface area contributed by atoms with Gasteiger partial charge in [0.15, 0.2) is 11.9 Å². The van der Waals surface area contributed by atoms with E-state index >= 15 is 0 Å². The van der Waals surface area contributed by atoms with E-state index in [1.807, 2.05) is 0 Å². The molecule has 176 valence electrons. The number of carbonyl (C=O) groups excluding carboxylic acids is 3. The second-order valence-electron chi connectivity index (χ2n) is 7.84. The van der Waals surface area contributed by atoms with E-state index in [4.69, 9.17) is 4.74 Å². The molecule has 0 saturated carbocycles. The molecule has 0 spiro atoms. The molecule has 1 saturated heterocycles. The lowest BCUT2D eigenvalue weighted by atomic mass is 9.98. The highest BCUT2D eigenvalue weighted by Crippen LogP contribution is 2.25. The van der Waals surface area contributed by atoms with E-state index in [0.29, 0.717) is 11.3 Å². The van der Waals surface area contributed by atoms with Gasteiger partial charge in [0.05, 0.1) is 10.8 Å². The third-order valence-corrected chi connectivity index (χ3v) is 7.33. The third-order valence-electron chi connectivity index (χ3n) is 5.44. The van der Waals surface area contributed by atoms with Gasteiger partial charge in [0.25, 0.3) is 5.91 Å². The minimum absolute atomic E-state index is 0.0299. The number of nitrogens with one attached hydrogen (secondary N) is 1. The molecule has 1 aliphatic heterocycles. The van der Waals surface area contributed by atoms with E-state index in [1.54, 1.807) is 6.07 Å². The van der Waals surface area contributed by atoms with Crippen molar-refractivity contribution in [3.8, 4) is 0 Å². The highest BCUT2D eigenvalue weighted by Gasteiger charge is 2.34. The predicted molar refractivity (Wildman–Crippen MR) is 119 cm³/mol. The zero-order valence-electron chi connectivity index (χ0n) is 18.3. The van der Waals surface area contributed by atoms with E-state index < -0.39 is 39.7 Å². The Morgan fingerprint density at radius 2 is 1.73 bits per heavy atom. The van der Waals surface area contributed by atoms with Gasteiger partial charge in [0, 0.05) is 24.3 Å². The summed E-state index contributed by atoms with van der Waals surface area (Å²) in [6, 6.07) is 11.0. The van der Waals surface area contributed by atoms with Crippen LogP contribution in [0.4, 0.5) is 10.1 Å². The van der Waals surface area contributed by atoms with Gasteiger partial charge in [-0.3, -0.25) is 14.4 Å². The highest BCUT2D eigenvalue weighted by atomic mass is 32.2. The molecule has 0 aliphatic carbocycles. The van der Waals surface area contributed by atoms with Crippen LogP contribution >= 0.6 is 0 Å². The lowest BCUT2D eigenvalue weighted by Crippen LogP contribution is -2.41. The summed E-state index contributed by atoms with van der Waals surface area (Å²) in [7, 11) is -3.80. The number of Topliss-reactive ketones (excluding diaryl/α,β-unsaturated/α-hetero) is 1. The van der Waals surface area contributed by atoms with Crippen LogP contribution in [0.15, 0.2) is 53.4 Å². The van der Waals surface area contributed by atoms with Crippen LogP contribution in [-0.2, 0) is 24.3 Å². The molecule has 1 aliphatic rings. The molecule has 1 fully saturated rings. The molecular weight excluding hydrogens is 451 g/mol. The molecule has 1 atom stereocenters. The monoisotopic (exact) mass is 476 g/mol. The standard InChI is InChI=1S/C23H25FN2O6S/c1-15(27)18-4-3-5-21(14-18)33(30,31)26-12-10-17(11-13-26)23(29)32-16(2)22(28)25-20-8-6-19(24)7-9-20/h3-9,14,16-17H,10-13H2,1-2H3,(H,25,28)/t16-/m1/s1. The Morgan fingerprint density at radius 1 is 1.09 bits per heavy atom. The van der Waals surface area contributed by atoms with Crippen LogP contribution in [0.25, 0.3) is 0 Å².